The molecule has 0 aliphatic heterocycles. The van der Waals surface area contributed by atoms with E-state index >= 15 is 0 Å². The van der Waals surface area contributed by atoms with Gasteiger partial charge in [0.2, 0.25) is 0 Å². The van der Waals surface area contributed by atoms with Crippen LogP contribution in [0.3, 0.4) is 0 Å². The molecule has 0 aliphatic rings. The summed E-state index contributed by atoms with van der Waals surface area (Å²) in [6, 6.07) is 3.82. The van der Waals surface area contributed by atoms with Crippen LogP contribution in [0, 0.1) is 0 Å². The van der Waals surface area contributed by atoms with Crippen molar-refractivity contribution in [2.75, 3.05) is 0 Å². The lowest BCUT2D eigenvalue weighted by molar-refractivity contribution is 0.637. The van der Waals surface area contributed by atoms with E-state index in [2.05, 4.69) is 20.1 Å². The molecule has 0 bridgehead atoms. The molecule has 0 saturated heterocycles. The van der Waals surface area contributed by atoms with E-state index in [9.17, 15) is 0 Å². The van der Waals surface area contributed by atoms with Crippen molar-refractivity contribution in [3.05, 3.63) is 36.3 Å². The average molecular weight is 291 g/mol. The van der Waals surface area contributed by atoms with E-state index in [0.717, 1.165) is 29.2 Å². The molecule has 6 nitrogen and oxygen atoms in total. The van der Waals surface area contributed by atoms with Gasteiger partial charge >= 0.3 is 0 Å². The van der Waals surface area contributed by atoms with E-state index in [4.69, 9.17) is 11.6 Å². The molecule has 0 N–H and O–H groups in total. The number of halogens is 1. The van der Waals surface area contributed by atoms with Gasteiger partial charge in [0.1, 0.15) is 17.7 Å². The summed E-state index contributed by atoms with van der Waals surface area (Å²) >= 11 is 6.22. The van der Waals surface area contributed by atoms with Crippen LogP contribution in [0.25, 0.3) is 11.2 Å². The number of fused-ring (bicyclic) bond motifs is 1. The standard InChI is InChI=1S/C13H15ClN6/c1-9(14)12-17-10-4-3-6-15-13(10)20(12)7-5-11-16-8-19(2)18-11/h3-4,6,8-9H,5,7H2,1-2H3. The number of imidazole rings is 1. The van der Waals surface area contributed by atoms with Crippen LogP contribution >= 0.6 is 11.6 Å². The number of hydrogen-bond donors (Lipinski definition) is 0. The van der Waals surface area contributed by atoms with E-state index in [0.29, 0.717) is 6.54 Å². The van der Waals surface area contributed by atoms with Gasteiger partial charge < -0.3 is 4.57 Å². The maximum atomic E-state index is 6.22. The first kappa shape index (κ1) is 13.1. The quantitative estimate of drug-likeness (QED) is 0.690. The van der Waals surface area contributed by atoms with E-state index < -0.39 is 0 Å². The Hall–Kier alpha value is -1.95. The molecule has 0 saturated carbocycles. The maximum Gasteiger partial charge on any atom is 0.160 e. The van der Waals surface area contributed by atoms with Gasteiger partial charge in [0, 0.05) is 26.2 Å². The van der Waals surface area contributed by atoms with E-state index in [-0.39, 0.29) is 5.38 Å². The van der Waals surface area contributed by atoms with Crippen LogP contribution in [0.4, 0.5) is 0 Å². The van der Waals surface area contributed by atoms with Crippen molar-refractivity contribution in [2.45, 2.75) is 25.3 Å². The van der Waals surface area contributed by atoms with Crippen LogP contribution in [0.2, 0.25) is 0 Å². The SMILES string of the molecule is CC(Cl)c1nc2cccnc2n1CCc1ncn(C)n1. The Bertz CT molecular complexity index is 729. The Morgan fingerprint density at radius 1 is 1.35 bits per heavy atom. The number of nitrogens with zero attached hydrogens (tertiary/aromatic N) is 6. The van der Waals surface area contributed by atoms with Crippen molar-refractivity contribution >= 4 is 22.8 Å². The van der Waals surface area contributed by atoms with Gasteiger partial charge in [0.15, 0.2) is 11.5 Å². The minimum atomic E-state index is -0.166. The summed E-state index contributed by atoms with van der Waals surface area (Å²) in [7, 11) is 1.86. The second-order valence-electron chi connectivity index (χ2n) is 4.67. The van der Waals surface area contributed by atoms with Gasteiger partial charge in [0.05, 0.1) is 5.38 Å². The normalized spacial score (nSPS) is 12.9. The predicted molar refractivity (Wildman–Crippen MR) is 76.5 cm³/mol. The molecule has 104 valence electrons. The molecule has 3 rings (SSSR count). The van der Waals surface area contributed by atoms with E-state index in [1.54, 1.807) is 17.2 Å². The van der Waals surface area contributed by atoms with Gasteiger partial charge in [-0.2, -0.15) is 5.10 Å². The molecule has 0 aliphatic carbocycles. The Kier molecular flexibility index (Phi) is 3.40. The topological polar surface area (TPSA) is 61.4 Å². The van der Waals surface area contributed by atoms with Gasteiger partial charge in [0.25, 0.3) is 0 Å². The minimum absolute atomic E-state index is 0.166. The molecule has 0 amide bonds. The second kappa shape index (κ2) is 5.20. The fraction of sp³-hybridized carbons (Fsp3) is 0.385. The van der Waals surface area contributed by atoms with Gasteiger partial charge in [-0.1, -0.05) is 0 Å². The summed E-state index contributed by atoms with van der Waals surface area (Å²) in [5.74, 6) is 1.63. The van der Waals surface area contributed by atoms with E-state index in [1.807, 2.05) is 30.7 Å². The lowest BCUT2D eigenvalue weighted by Gasteiger charge is -2.08. The maximum absolute atomic E-state index is 6.22. The summed E-state index contributed by atoms with van der Waals surface area (Å²) < 4.78 is 3.74. The molecule has 0 spiro atoms. The molecule has 1 atom stereocenters. The third-order valence-corrected chi connectivity index (χ3v) is 3.29. The number of aromatic nitrogens is 6. The van der Waals surface area contributed by atoms with Crippen LogP contribution in [-0.4, -0.2) is 29.3 Å². The number of pyridine rings is 1. The molecular formula is C13H15ClN6. The number of aryl methyl sites for hydroxylation is 3. The Morgan fingerprint density at radius 3 is 2.90 bits per heavy atom. The molecule has 0 aromatic carbocycles. The Labute approximate surface area is 121 Å². The smallest absolute Gasteiger partial charge is 0.160 e. The fourth-order valence-corrected chi connectivity index (χ4v) is 2.38. The summed E-state index contributed by atoms with van der Waals surface area (Å²) in [6.45, 7) is 2.63. The summed E-state index contributed by atoms with van der Waals surface area (Å²) in [5, 5.41) is 4.12. The third-order valence-electron chi connectivity index (χ3n) is 3.10. The lowest BCUT2D eigenvalue weighted by Crippen LogP contribution is -2.08. The second-order valence-corrected chi connectivity index (χ2v) is 5.32. The zero-order valence-electron chi connectivity index (χ0n) is 11.4. The van der Waals surface area contributed by atoms with Gasteiger partial charge in [-0.05, 0) is 19.1 Å². The Morgan fingerprint density at radius 2 is 2.20 bits per heavy atom. The summed E-state index contributed by atoms with van der Waals surface area (Å²) in [6.07, 6.45) is 4.19. The molecule has 3 aromatic heterocycles. The van der Waals surface area contributed by atoms with Crippen LogP contribution in [-0.2, 0) is 20.0 Å². The highest BCUT2D eigenvalue weighted by atomic mass is 35.5. The number of alkyl halides is 1. The largest absolute Gasteiger partial charge is 0.311 e. The lowest BCUT2D eigenvalue weighted by atomic mass is 10.3. The molecule has 0 radical (unpaired) electrons. The van der Waals surface area contributed by atoms with Crippen molar-refractivity contribution < 1.29 is 0 Å². The van der Waals surface area contributed by atoms with Crippen molar-refractivity contribution in [2.24, 2.45) is 7.05 Å². The summed E-state index contributed by atoms with van der Waals surface area (Å²) in [4.78, 5) is 13.2. The van der Waals surface area contributed by atoms with Crippen molar-refractivity contribution in [1.82, 2.24) is 29.3 Å². The molecule has 3 heterocycles. The highest BCUT2D eigenvalue weighted by molar-refractivity contribution is 6.20. The fourth-order valence-electron chi connectivity index (χ4n) is 2.21. The van der Waals surface area contributed by atoms with Crippen molar-refractivity contribution in [3.8, 4) is 0 Å². The first-order valence-corrected chi connectivity index (χ1v) is 6.88. The zero-order chi connectivity index (χ0) is 14.1. The van der Waals surface area contributed by atoms with Gasteiger partial charge in [-0.25, -0.2) is 15.0 Å². The van der Waals surface area contributed by atoms with Crippen LogP contribution in [0.1, 0.15) is 23.9 Å². The van der Waals surface area contributed by atoms with Gasteiger partial charge in [-0.3, -0.25) is 4.68 Å². The molecule has 1 unspecified atom stereocenters. The van der Waals surface area contributed by atoms with E-state index in [1.165, 1.54) is 0 Å². The first-order valence-electron chi connectivity index (χ1n) is 6.45. The summed E-state index contributed by atoms with van der Waals surface area (Å²) in [5.41, 5.74) is 1.72. The molecule has 20 heavy (non-hydrogen) atoms. The predicted octanol–water partition coefficient (Wildman–Crippen LogP) is 2.10. The van der Waals surface area contributed by atoms with Crippen molar-refractivity contribution in [3.63, 3.8) is 0 Å². The average Bonchev–Trinajstić information content (AvgIpc) is 3.00. The highest BCUT2D eigenvalue weighted by Gasteiger charge is 2.15. The monoisotopic (exact) mass is 290 g/mol. The molecular weight excluding hydrogens is 276 g/mol. The first-order chi connectivity index (χ1) is 9.65. The van der Waals surface area contributed by atoms with Crippen LogP contribution < -0.4 is 0 Å². The Balaban J connectivity index is 1.94. The van der Waals surface area contributed by atoms with Crippen LogP contribution in [0.5, 0.6) is 0 Å². The van der Waals surface area contributed by atoms with Crippen molar-refractivity contribution in [1.29, 1.82) is 0 Å². The third kappa shape index (κ3) is 2.38. The van der Waals surface area contributed by atoms with Gasteiger partial charge in [-0.15, -0.1) is 11.6 Å². The molecule has 7 heteroatoms. The van der Waals surface area contributed by atoms with Crippen LogP contribution in [0.15, 0.2) is 24.7 Å². The zero-order valence-corrected chi connectivity index (χ0v) is 12.1. The molecule has 0 fully saturated rings. The number of hydrogen-bond acceptors (Lipinski definition) is 4. The molecule has 3 aromatic rings. The number of rotatable bonds is 4. The highest BCUT2D eigenvalue weighted by Crippen LogP contribution is 2.23. The minimum Gasteiger partial charge on any atom is -0.311 e.